The highest BCUT2D eigenvalue weighted by molar-refractivity contribution is 5.91. The Bertz CT molecular complexity index is 1110. The minimum atomic E-state index is -0.363. The summed E-state index contributed by atoms with van der Waals surface area (Å²) in [5.41, 5.74) is 1.93. The zero-order valence-corrected chi connectivity index (χ0v) is 18.8. The van der Waals surface area contributed by atoms with Crippen molar-refractivity contribution in [2.75, 3.05) is 43.1 Å². The summed E-state index contributed by atoms with van der Waals surface area (Å²) < 4.78 is 5.51. The maximum atomic E-state index is 11.3. The second-order valence-electron chi connectivity index (χ2n) is 7.78. The average Bonchev–Trinajstić information content (AvgIpc) is 3.70. The molecular formula is C24H29N5O3. The second kappa shape index (κ2) is 9.38. The zero-order chi connectivity index (χ0) is 22.7. The summed E-state index contributed by atoms with van der Waals surface area (Å²) in [6.45, 7) is 7.19. The molecule has 3 aromatic rings. The van der Waals surface area contributed by atoms with Gasteiger partial charge in [0.05, 0.1) is 23.2 Å². The van der Waals surface area contributed by atoms with E-state index in [0.29, 0.717) is 5.92 Å². The van der Waals surface area contributed by atoms with Crippen LogP contribution >= 0.6 is 0 Å². The Kier molecular flexibility index (Phi) is 6.39. The van der Waals surface area contributed by atoms with E-state index in [2.05, 4.69) is 15.9 Å². The third-order valence-corrected chi connectivity index (χ3v) is 5.83. The van der Waals surface area contributed by atoms with Crippen molar-refractivity contribution in [1.82, 2.24) is 9.97 Å². The van der Waals surface area contributed by atoms with E-state index in [1.165, 1.54) is 6.07 Å². The van der Waals surface area contributed by atoms with Crippen molar-refractivity contribution >= 4 is 28.1 Å². The lowest BCUT2D eigenvalue weighted by atomic mass is 10.1. The van der Waals surface area contributed by atoms with E-state index in [9.17, 15) is 10.1 Å². The summed E-state index contributed by atoms with van der Waals surface area (Å²) >= 11 is 0. The van der Waals surface area contributed by atoms with Crippen molar-refractivity contribution in [2.45, 2.75) is 32.6 Å². The van der Waals surface area contributed by atoms with Gasteiger partial charge in [-0.1, -0.05) is 26.0 Å². The van der Waals surface area contributed by atoms with Gasteiger partial charge in [-0.25, -0.2) is 9.97 Å². The Balaban J connectivity index is 0.00000119. The molecule has 0 radical (unpaired) electrons. The summed E-state index contributed by atoms with van der Waals surface area (Å²) in [5, 5.41) is 12.1. The first-order chi connectivity index (χ1) is 15.6. The van der Waals surface area contributed by atoms with Crippen LogP contribution < -0.4 is 14.5 Å². The summed E-state index contributed by atoms with van der Waals surface area (Å²) in [7, 11) is 1.69. The van der Waals surface area contributed by atoms with Crippen LogP contribution in [0.2, 0.25) is 0 Å². The molecule has 2 heterocycles. The minimum Gasteiger partial charge on any atom is -0.495 e. The van der Waals surface area contributed by atoms with Crippen molar-refractivity contribution in [1.29, 1.82) is 0 Å². The molecule has 1 aliphatic heterocycles. The van der Waals surface area contributed by atoms with E-state index in [-0.39, 0.29) is 10.6 Å². The third kappa shape index (κ3) is 4.30. The van der Waals surface area contributed by atoms with Crippen molar-refractivity contribution in [3.05, 3.63) is 58.4 Å². The lowest BCUT2D eigenvalue weighted by molar-refractivity contribution is -0.384. The number of benzene rings is 2. The first-order valence-corrected chi connectivity index (χ1v) is 11.2. The number of hydrogen-bond acceptors (Lipinski definition) is 7. The molecule has 1 aromatic heterocycles. The average molecular weight is 436 g/mol. The van der Waals surface area contributed by atoms with Crippen LogP contribution in [0.4, 0.5) is 17.2 Å². The first kappa shape index (κ1) is 21.8. The van der Waals surface area contributed by atoms with E-state index in [1.54, 1.807) is 19.2 Å². The van der Waals surface area contributed by atoms with Crippen LogP contribution in [-0.4, -0.2) is 48.2 Å². The smallest absolute Gasteiger partial charge is 0.270 e. The van der Waals surface area contributed by atoms with Gasteiger partial charge >= 0.3 is 0 Å². The number of anilines is 2. The van der Waals surface area contributed by atoms with Crippen LogP contribution in [0.3, 0.4) is 0 Å². The monoisotopic (exact) mass is 435 g/mol. The SMILES string of the molecule is CC.COc1ccccc1N1CCN(c2nc(C3CC3)nc3ccc([N+](=O)[O-])cc23)CC1. The van der Waals surface area contributed by atoms with Crippen LogP contribution in [0.1, 0.15) is 38.4 Å². The standard InChI is InChI=1S/C22H23N5O3.C2H6/c1-30-20-5-3-2-4-19(20)25-10-12-26(13-11-25)22-17-14-16(27(28)29)8-9-18(17)23-21(24-22)15-6-7-15;1-2/h2-5,8-9,14-15H,6-7,10-13H2,1H3;1-2H3. The van der Waals surface area contributed by atoms with Gasteiger partial charge in [-0.2, -0.15) is 0 Å². The molecule has 0 bridgehead atoms. The van der Waals surface area contributed by atoms with Crippen LogP contribution in [0.5, 0.6) is 5.75 Å². The number of methoxy groups -OCH3 is 1. The molecule has 32 heavy (non-hydrogen) atoms. The highest BCUT2D eigenvalue weighted by atomic mass is 16.6. The summed E-state index contributed by atoms with van der Waals surface area (Å²) in [6.07, 6.45) is 2.22. The molecule has 0 N–H and O–H groups in total. The number of ether oxygens (including phenoxy) is 1. The highest BCUT2D eigenvalue weighted by Gasteiger charge is 2.30. The van der Waals surface area contributed by atoms with E-state index in [0.717, 1.165) is 73.0 Å². The van der Waals surface area contributed by atoms with Gasteiger partial charge in [0.25, 0.3) is 5.69 Å². The van der Waals surface area contributed by atoms with E-state index >= 15 is 0 Å². The van der Waals surface area contributed by atoms with E-state index < -0.39 is 0 Å². The Morgan fingerprint density at radius 1 is 1.00 bits per heavy atom. The molecule has 1 saturated heterocycles. The fraction of sp³-hybridized carbons (Fsp3) is 0.417. The molecule has 2 fully saturated rings. The van der Waals surface area contributed by atoms with E-state index in [4.69, 9.17) is 14.7 Å². The number of hydrogen-bond donors (Lipinski definition) is 0. The highest BCUT2D eigenvalue weighted by Crippen LogP contribution is 2.40. The van der Waals surface area contributed by atoms with Crippen molar-refractivity contribution in [2.24, 2.45) is 0 Å². The number of non-ortho nitro benzene ring substituents is 1. The van der Waals surface area contributed by atoms with Gasteiger partial charge in [-0.3, -0.25) is 10.1 Å². The van der Waals surface area contributed by atoms with Crippen LogP contribution in [-0.2, 0) is 0 Å². The molecule has 5 rings (SSSR count). The molecule has 168 valence electrons. The van der Waals surface area contributed by atoms with Crippen LogP contribution in [0.15, 0.2) is 42.5 Å². The maximum absolute atomic E-state index is 11.3. The van der Waals surface area contributed by atoms with Gasteiger partial charge in [-0.05, 0) is 31.0 Å². The Hall–Kier alpha value is -3.42. The van der Waals surface area contributed by atoms with Gasteiger partial charge < -0.3 is 14.5 Å². The van der Waals surface area contributed by atoms with Gasteiger partial charge in [0.15, 0.2) is 0 Å². The normalized spacial score (nSPS) is 15.8. The number of rotatable bonds is 5. The van der Waals surface area contributed by atoms with Gasteiger partial charge in [-0.15, -0.1) is 0 Å². The van der Waals surface area contributed by atoms with Crippen LogP contribution in [0, 0.1) is 10.1 Å². The Morgan fingerprint density at radius 3 is 2.34 bits per heavy atom. The lowest BCUT2D eigenvalue weighted by Gasteiger charge is -2.37. The molecule has 8 heteroatoms. The van der Waals surface area contributed by atoms with E-state index in [1.807, 2.05) is 32.0 Å². The Morgan fingerprint density at radius 2 is 1.69 bits per heavy atom. The molecule has 2 aromatic carbocycles. The number of nitrogens with zero attached hydrogens (tertiary/aromatic N) is 5. The largest absolute Gasteiger partial charge is 0.495 e. The second-order valence-corrected chi connectivity index (χ2v) is 7.78. The number of para-hydroxylation sites is 2. The molecule has 1 saturated carbocycles. The molecule has 0 amide bonds. The fourth-order valence-electron chi connectivity index (χ4n) is 4.05. The molecule has 0 spiro atoms. The summed E-state index contributed by atoms with van der Waals surface area (Å²) in [6, 6.07) is 12.9. The lowest BCUT2D eigenvalue weighted by Crippen LogP contribution is -2.47. The van der Waals surface area contributed by atoms with Gasteiger partial charge in [0, 0.05) is 49.6 Å². The number of piperazine rings is 1. The molecule has 1 aliphatic carbocycles. The minimum absolute atomic E-state index is 0.0687. The maximum Gasteiger partial charge on any atom is 0.270 e. The van der Waals surface area contributed by atoms with Crippen molar-refractivity contribution < 1.29 is 9.66 Å². The molecular weight excluding hydrogens is 406 g/mol. The summed E-state index contributed by atoms with van der Waals surface area (Å²) in [5.74, 6) is 2.95. The number of nitro benzene ring substituents is 1. The quantitative estimate of drug-likeness (QED) is 0.421. The van der Waals surface area contributed by atoms with Gasteiger partial charge in [0.1, 0.15) is 17.4 Å². The zero-order valence-electron chi connectivity index (χ0n) is 18.8. The molecule has 2 aliphatic rings. The fourth-order valence-corrected chi connectivity index (χ4v) is 4.05. The van der Waals surface area contributed by atoms with Gasteiger partial charge in [0.2, 0.25) is 0 Å². The van der Waals surface area contributed by atoms with Crippen LogP contribution in [0.25, 0.3) is 10.9 Å². The molecule has 8 nitrogen and oxygen atoms in total. The number of fused-ring (bicyclic) bond motifs is 1. The topological polar surface area (TPSA) is 84.6 Å². The van der Waals surface area contributed by atoms with Crippen molar-refractivity contribution in [3.8, 4) is 5.75 Å². The first-order valence-electron chi connectivity index (χ1n) is 11.2. The Labute approximate surface area is 188 Å². The predicted molar refractivity (Wildman–Crippen MR) is 127 cm³/mol. The molecule has 0 unspecified atom stereocenters. The number of nitro groups is 1. The number of aromatic nitrogens is 2. The summed E-state index contributed by atoms with van der Waals surface area (Å²) in [4.78, 5) is 25.0. The molecule has 0 atom stereocenters. The predicted octanol–water partition coefficient (Wildman–Crippen LogP) is 4.78. The van der Waals surface area contributed by atoms with Crippen molar-refractivity contribution in [3.63, 3.8) is 0 Å². The third-order valence-electron chi connectivity index (χ3n) is 5.83.